The lowest BCUT2D eigenvalue weighted by Gasteiger charge is -2.15. The predicted octanol–water partition coefficient (Wildman–Crippen LogP) is 3.46. The molecule has 1 atom stereocenters. The topological polar surface area (TPSA) is 105 Å². The lowest BCUT2D eigenvalue weighted by Crippen LogP contribution is -2.42. The molecule has 3 rings (SSSR count). The largest absolute Gasteiger partial charge is 0.480 e. The van der Waals surface area contributed by atoms with Gasteiger partial charge in [-0.05, 0) is 17.7 Å². The molecule has 0 fully saturated rings. The van der Waals surface area contributed by atoms with E-state index in [-0.39, 0.29) is 23.3 Å². The van der Waals surface area contributed by atoms with Crippen LogP contribution in [0.25, 0.3) is 11.5 Å². The normalized spacial score (nSPS) is 12.4. The van der Waals surface area contributed by atoms with Crippen molar-refractivity contribution in [1.29, 1.82) is 0 Å². The molecule has 0 saturated heterocycles. The maximum Gasteiger partial charge on any atom is 0.326 e. The highest BCUT2D eigenvalue weighted by Crippen LogP contribution is 2.26. The van der Waals surface area contributed by atoms with E-state index in [9.17, 15) is 14.7 Å². The summed E-state index contributed by atoms with van der Waals surface area (Å²) in [7, 11) is 0. The minimum absolute atomic E-state index is 0.179. The zero-order chi connectivity index (χ0) is 21.0. The summed E-state index contributed by atoms with van der Waals surface area (Å²) in [4.78, 5) is 29.0. The number of aliphatic carboxylic acids is 1. The molecule has 7 nitrogen and oxygen atoms in total. The standard InChI is InChI=1S/C22H23N3O4/c1-22(2,3)21-24-19(29-25-21)16-12-8-7-11-15(16)18(26)23-17(20(27)28)13-14-9-5-4-6-10-14/h4-12,17H,13H2,1-3H3,(H,23,26)(H,27,28). The van der Waals surface area contributed by atoms with Crippen LogP contribution in [0.2, 0.25) is 0 Å². The molecule has 3 aromatic rings. The summed E-state index contributed by atoms with van der Waals surface area (Å²) in [5.74, 6) is -0.877. The van der Waals surface area contributed by atoms with E-state index in [1.807, 2.05) is 51.1 Å². The van der Waals surface area contributed by atoms with Crippen molar-refractivity contribution in [2.75, 3.05) is 0 Å². The Hall–Kier alpha value is -3.48. The number of hydrogen-bond donors (Lipinski definition) is 2. The number of rotatable bonds is 6. The van der Waals surface area contributed by atoms with Crippen molar-refractivity contribution in [3.05, 3.63) is 71.5 Å². The molecule has 0 radical (unpaired) electrons. The Kier molecular flexibility index (Phi) is 5.77. The Balaban J connectivity index is 1.85. The molecule has 0 spiro atoms. The molecule has 0 aliphatic heterocycles. The van der Waals surface area contributed by atoms with Crippen molar-refractivity contribution in [3.8, 4) is 11.5 Å². The van der Waals surface area contributed by atoms with Crippen LogP contribution in [0.15, 0.2) is 59.1 Å². The van der Waals surface area contributed by atoms with Gasteiger partial charge in [0.05, 0.1) is 11.1 Å². The molecule has 0 saturated carbocycles. The maximum absolute atomic E-state index is 12.9. The van der Waals surface area contributed by atoms with Gasteiger partial charge in [0.2, 0.25) is 0 Å². The first-order chi connectivity index (χ1) is 13.8. The van der Waals surface area contributed by atoms with Gasteiger partial charge in [-0.15, -0.1) is 0 Å². The molecule has 1 unspecified atom stereocenters. The zero-order valence-corrected chi connectivity index (χ0v) is 16.5. The highest BCUT2D eigenvalue weighted by molar-refractivity contribution is 6.01. The number of nitrogens with zero attached hydrogens (tertiary/aromatic N) is 2. The van der Waals surface area contributed by atoms with E-state index >= 15 is 0 Å². The van der Waals surface area contributed by atoms with E-state index in [0.29, 0.717) is 11.4 Å². The summed E-state index contributed by atoms with van der Waals surface area (Å²) in [6, 6.07) is 14.8. The van der Waals surface area contributed by atoms with Crippen molar-refractivity contribution < 1.29 is 19.2 Å². The Morgan fingerprint density at radius 1 is 1.07 bits per heavy atom. The number of carbonyl (C=O) groups excluding carboxylic acids is 1. The molecule has 150 valence electrons. The number of carboxylic acid groups (broad SMARTS) is 1. The second-order valence-electron chi connectivity index (χ2n) is 7.77. The summed E-state index contributed by atoms with van der Waals surface area (Å²) in [6.45, 7) is 5.88. The third-order valence-corrected chi connectivity index (χ3v) is 4.39. The van der Waals surface area contributed by atoms with E-state index in [1.54, 1.807) is 24.3 Å². The molecule has 7 heteroatoms. The van der Waals surface area contributed by atoms with Gasteiger partial charge in [-0.3, -0.25) is 4.79 Å². The van der Waals surface area contributed by atoms with Crippen LogP contribution in [0.4, 0.5) is 0 Å². The SMILES string of the molecule is CC(C)(C)c1noc(-c2ccccc2C(=O)NC(Cc2ccccc2)C(=O)O)n1. The van der Waals surface area contributed by atoms with E-state index < -0.39 is 17.9 Å². The quantitative estimate of drug-likeness (QED) is 0.664. The summed E-state index contributed by atoms with van der Waals surface area (Å²) in [5.41, 5.74) is 1.25. The van der Waals surface area contributed by atoms with Gasteiger partial charge in [0, 0.05) is 11.8 Å². The fourth-order valence-electron chi connectivity index (χ4n) is 2.79. The lowest BCUT2D eigenvalue weighted by molar-refractivity contribution is -0.139. The smallest absolute Gasteiger partial charge is 0.326 e. The summed E-state index contributed by atoms with van der Waals surface area (Å²) >= 11 is 0. The van der Waals surface area contributed by atoms with Crippen molar-refractivity contribution in [2.24, 2.45) is 0 Å². The monoisotopic (exact) mass is 393 g/mol. The third-order valence-electron chi connectivity index (χ3n) is 4.39. The zero-order valence-electron chi connectivity index (χ0n) is 16.5. The van der Waals surface area contributed by atoms with Gasteiger partial charge >= 0.3 is 5.97 Å². The first-order valence-corrected chi connectivity index (χ1v) is 9.27. The fraction of sp³-hybridized carbons (Fsp3) is 0.273. The van der Waals surface area contributed by atoms with Crippen LogP contribution in [0, 0.1) is 0 Å². The molecule has 29 heavy (non-hydrogen) atoms. The number of carboxylic acids is 1. The molecule has 0 bridgehead atoms. The molecular weight excluding hydrogens is 370 g/mol. The molecular formula is C22H23N3O4. The first-order valence-electron chi connectivity index (χ1n) is 9.27. The summed E-state index contributed by atoms with van der Waals surface area (Å²) < 4.78 is 5.36. The number of aromatic nitrogens is 2. The number of hydrogen-bond acceptors (Lipinski definition) is 5. The van der Waals surface area contributed by atoms with Gasteiger partial charge in [0.15, 0.2) is 5.82 Å². The Labute approximate surface area is 168 Å². The van der Waals surface area contributed by atoms with Crippen LogP contribution in [0.5, 0.6) is 0 Å². The molecule has 2 aromatic carbocycles. The van der Waals surface area contributed by atoms with E-state index in [0.717, 1.165) is 5.56 Å². The fourth-order valence-corrected chi connectivity index (χ4v) is 2.79. The number of nitrogens with one attached hydrogen (secondary N) is 1. The minimum Gasteiger partial charge on any atom is -0.480 e. The van der Waals surface area contributed by atoms with Crippen molar-refractivity contribution >= 4 is 11.9 Å². The van der Waals surface area contributed by atoms with Crippen LogP contribution in [-0.4, -0.2) is 33.2 Å². The summed E-state index contributed by atoms with van der Waals surface area (Å²) in [5, 5.41) is 16.2. The van der Waals surface area contributed by atoms with Gasteiger partial charge in [0.1, 0.15) is 6.04 Å². The van der Waals surface area contributed by atoms with Gasteiger partial charge < -0.3 is 14.9 Å². The van der Waals surface area contributed by atoms with Gasteiger partial charge in [0.25, 0.3) is 11.8 Å². The molecule has 0 aliphatic rings. The summed E-state index contributed by atoms with van der Waals surface area (Å²) in [6.07, 6.45) is 0.179. The number of amides is 1. The van der Waals surface area contributed by atoms with E-state index in [2.05, 4.69) is 15.5 Å². The van der Waals surface area contributed by atoms with Gasteiger partial charge in [-0.25, -0.2) is 4.79 Å². The molecule has 1 heterocycles. The molecule has 1 amide bonds. The van der Waals surface area contributed by atoms with Crippen LogP contribution in [0.3, 0.4) is 0 Å². The molecule has 2 N–H and O–H groups in total. The highest BCUT2D eigenvalue weighted by Gasteiger charge is 2.26. The Morgan fingerprint density at radius 2 is 1.72 bits per heavy atom. The third kappa shape index (κ3) is 4.87. The van der Waals surface area contributed by atoms with Crippen molar-refractivity contribution in [1.82, 2.24) is 15.5 Å². The van der Waals surface area contributed by atoms with E-state index in [1.165, 1.54) is 0 Å². The van der Waals surface area contributed by atoms with Gasteiger partial charge in [-0.2, -0.15) is 4.98 Å². The van der Waals surface area contributed by atoms with E-state index in [4.69, 9.17) is 4.52 Å². The van der Waals surface area contributed by atoms with Crippen LogP contribution in [-0.2, 0) is 16.6 Å². The van der Waals surface area contributed by atoms with Crippen molar-refractivity contribution in [2.45, 2.75) is 38.6 Å². The minimum atomic E-state index is -1.10. The number of benzene rings is 2. The van der Waals surface area contributed by atoms with Crippen LogP contribution >= 0.6 is 0 Å². The number of carbonyl (C=O) groups is 2. The van der Waals surface area contributed by atoms with Crippen LogP contribution < -0.4 is 5.32 Å². The van der Waals surface area contributed by atoms with Crippen LogP contribution in [0.1, 0.15) is 42.5 Å². The Bertz CT molecular complexity index is 1010. The average molecular weight is 393 g/mol. The average Bonchev–Trinajstić information content (AvgIpc) is 3.19. The second-order valence-corrected chi connectivity index (χ2v) is 7.77. The molecule has 0 aliphatic carbocycles. The second kappa shape index (κ2) is 8.26. The lowest BCUT2D eigenvalue weighted by atomic mass is 9.96. The predicted molar refractivity (Wildman–Crippen MR) is 107 cm³/mol. The highest BCUT2D eigenvalue weighted by atomic mass is 16.5. The van der Waals surface area contributed by atoms with Crippen molar-refractivity contribution in [3.63, 3.8) is 0 Å². The molecule has 1 aromatic heterocycles. The van der Waals surface area contributed by atoms with Gasteiger partial charge in [-0.1, -0.05) is 68.4 Å². The maximum atomic E-state index is 12.9. The first kappa shape index (κ1) is 20.3. The Morgan fingerprint density at radius 3 is 2.34 bits per heavy atom.